The standard InChI is InChI=1S/C22H28N2O5/c1-13(2)10-11-24-20(26)17-9-8-15(12-18(17)21(24)27)22(28)29-14(3)19(25)23-16-6-4-5-7-16/h8-9,12-14,16H,4-7,10-11H2,1-3H3,(H,23,25)/t14-/m0/s1. The average molecular weight is 400 g/mol. The first-order valence-electron chi connectivity index (χ1n) is 10.3. The second kappa shape index (κ2) is 8.76. The molecule has 1 saturated carbocycles. The molecule has 0 aromatic heterocycles. The molecule has 0 radical (unpaired) electrons. The van der Waals surface area contributed by atoms with Crippen molar-refractivity contribution in [3.63, 3.8) is 0 Å². The molecule has 1 aliphatic carbocycles. The molecule has 1 heterocycles. The number of carbonyl (C=O) groups is 4. The quantitative estimate of drug-likeness (QED) is 0.561. The van der Waals surface area contributed by atoms with Gasteiger partial charge in [0.2, 0.25) is 0 Å². The predicted octanol–water partition coefficient (Wildman–Crippen LogP) is 2.93. The van der Waals surface area contributed by atoms with E-state index in [9.17, 15) is 19.2 Å². The minimum Gasteiger partial charge on any atom is -0.449 e. The lowest BCUT2D eigenvalue weighted by molar-refractivity contribution is -0.129. The number of carbonyl (C=O) groups excluding carboxylic acids is 4. The van der Waals surface area contributed by atoms with Crippen molar-refractivity contribution in [1.82, 2.24) is 10.2 Å². The molecule has 3 amide bonds. The van der Waals surface area contributed by atoms with Crippen molar-refractivity contribution in [1.29, 1.82) is 0 Å². The highest BCUT2D eigenvalue weighted by molar-refractivity contribution is 6.22. The number of esters is 1. The fourth-order valence-electron chi connectivity index (χ4n) is 3.68. The van der Waals surface area contributed by atoms with Gasteiger partial charge >= 0.3 is 5.97 Å². The molecule has 2 aliphatic rings. The zero-order valence-corrected chi connectivity index (χ0v) is 17.2. The van der Waals surface area contributed by atoms with E-state index in [1.807, 2.05) is 13.8 Å². The maximum absolute atomic E-state index is 12.6. The molecule has 1 N–H and O–H groups in total. The molecule has 156 valence electrons. The molecule has 0 spiro atoms. The number of nitrogens with zero attached hydrogens (tertiary/aromatic N) is 1. The number of imide groups is 1. The van der Waals surface area contributed by atoms with Gasteiger partial charge in [0.25, 0.3) is 17.7 Å². The summed E-state index contributed by atoms with van der Waals surface area (Å²) in [6, 6.07) is 4.46. The van der Waals surface area contributed by atoms with Crippen LogP contribution in [-0.4, -0.2) is 47.3 Å². The summed E-state index contributed by atoms with van der Waals surface area (Å²) in [7, 11) is 0. The predicted molar refractivity (Wildman–Crippen MR) is 107 cm³/mol. The smallest absolute Gasteiger partial charge is 0.338 e. The average Bonchev–Trinajstić information content (AvgIpc) is 3.27. The number of ether oxygens (including phenoxy) is 1. The summed E-state index contributed by atoms with van der Waals surface area (Å²) in [5, 5.41) is 2.90. The molecule has 3 rings (SSSR count). The Morgan fingerprint density at radius 3 is 2.41 bits per heavy atom. The van der Waals surface area contributed by atoms with Gasteiger partial charge in [-0.05, 0) is 50.3 Å². The van der Waals surface area contributed by atoms with Crippen LogP contribution in [0.1, 0.15) is 83.9 Å². The number of fused-ring (bicyclic) bond motifs is 1. The maximum atomic E-state index is 12.6. The van der Waals surface area contributed by atoms with Gasteiger partial charge in [0.05, 0.1) is 16.7 Å². The zero-order chi connectivity index (χ0) is 21.1. The summed E-state index contributed by atoms with van der Waals surface area (Å²) in [6.45, 7) is 5.92. The summed E-state index contributed by atoms with van der Waals surface area (Å²) in [5.41, 5.74) is 0.648. The Labute approximate surface area is 170 Å². The molecule has 7 nitrogen and oxygen atoms in total. The van der Waals surface area contributed by atoms with Gasteiger partial charge in [0.1, 0.15) is 0 Å². The highest BCUT2D eigenvalue weighted by Gasteiger charge is 2.36. The van der Waals surface area contributed by atoms with E-state index in [4.69, 9.17) is 4.74 Å². The third kappa shape index (κ3) is 4.66. The molecule has 1 aliphatic heterocycles. The van der Waals surface area contributed by atoms with E-state index < -0.39 is 18.0 Å². The Kier molecular flexibility index (Phi) is 6.35. The Morgan fingerprint density at radius 2 is 1.76 bits per heavy atom. The van der Waals surface area contributed by atoms with Crippen LogP contribution >= 0.6 is 0 Å². The number of benzene rings is 1. The van der Waals surface area contributed by atoms with Crippen molar-refractivity contribution < 1.29 is 23.9 Å². The summed E-state index contributed by atoms with van der Waals surface area (Å²) in [6.07, 6.45) is 3.86. The molecule has 1 fully saturated rings. The number of rotatable bonds is 7. The maximum Gasteiger partial charge on any atom is 0.338 e. The fourth-order valence-corrected chi connectivity index (χ4v) is 3.68. The van der Waals surface area contributed by atoms with Crippen LogP contribution in [0, 0.1) is 5.92 Å². The summed E-state index contributed by atoms with van der Waals surface area (Å²) >= 11 is 0. The first kappa shape index (κ1) is 21.0. The fraction of sp³-hybridized carbons (Fsp3) is 0.545. The van der Waals surface area contributed by atoms with Gasteiger partial charge in [-0.2, -0.15) is 0 Å². The second-order valence-electron chi connectivity index (χ2n) is 8.24. The molecule has 1 aromatic rings. The van der Waals surface area contributed by atoms with E-state index in [1.54, 1.807) is 0 Å². The third-order valence-electron chi connectivity index (χ3n) is 5.49. The normalized spacial score (nSPS) is 17.6. The zero-order valence-electron chi connectivity index (χ0n) is 17.2. The molecule has 29 heavy (non-hydrogen) atoms. The van der Waals surface area contributed by atoms with Gasteiger partial charge in [-0.1, -0.05) is 26.7 Å². The first-order chi connectivity index (χ1) is 13.8. The molecule has 7 heteroatoms. The van der Waals surface area contributed by atoms with Crippen LogP contribution in [0.3, 0.4) is 0 Å². The van der Waals surface area contributed by atoms with Gasteiger partial charge in [-0.25, -0.2) is 4.79 Å². The van der Waals surface area contributed by atoms with Crippen LogP contribution < -0.4 is 5.32 Å². The van der Waals surface area contributed by atoms with E-state index in [0.717, 1.165) is 25.7 Å². The number of nitrogens with one attached hydrogen (secondary N) is 1. The minimum atomic E-state index is -0.934. The van der Waals surface area contributed by atoms with E-state index in [2.05, 4.69) is 5.32 Å². The van der Waals surface area contributed by atoms with Crippen LogP contribution in [0.25, 0.3) is 0 Å². The monoisotopic (exact) mass is 400 g/mol. The van der Waals surface area contributed by atoms with E-state index in [0.29, 0.717) is 24.4 Å². The molecule has 0 unspecified atom stereocenters. The van der Waals surface area contributed by atoms with Gasteiger partial charge in [0.15, 0.2) is 6.10 Å². The molecular weight excluding hydrogens is 372 g/mol. The van der Waals surface area contributed by atoms with Crippen LogP contribution in [0.15, 0.2) is 18.2 Å². The molecule has 0 saturated heterocycles. The van der Waals surface area contributed by atoms with Crippen molar-refractivity contribution in [2.75, 3.05) is 6.54 Å². The van der Waals surface area contributed by atoms with Gasteiger partial charge in [-0.15, -0.1) is 0 Å². The van der Waals surface area contributed by atoms with Crippen molar-refractivity contribution in [3.05, 3.63) is 34.9 Å². The van der Waals surface area contributed by atoms with E-state index in [1.165, 1.54) is 30.0 Å². The molecule has 0 bridgehead atoms. The number of hydrogen-bond acceptors (Lipinski definition) is 5. The van der Waals surface area contributed by atoms with Crippen LogP contribution in [0.2, 0.25) is 0 Å². The van der Waals surface area contributed by atoms with Crippen molar-refractivity contribution in [2.45, 2.75) is 65.0 Å². The molecule has 1 atom stereocenters. The lowest BCUT2D eigenvalue weighted by Crippen LogP contribution is -2.40. The van der Waals surface area contributed by atoms with Gasteiger partial charge in [0, 0.05) is 12.6 Å². The third-order valence-corrected chi connectivity index (χ3v) is 5.49. The number of hydrogen-bond donors (Lipinski definition) is 1. The van der Waals surface area contributed by atoms with Crippen LogP contribution in [-0.2, 0) is 9.53 Å². The number of amides is 3. The largest absolute Gasteiger partial charge is 0.449 e. The van der Waals surface area contributed by atoms with E-state index >= 15 is 0 Å². The lowest BCUT2D eigenvalue weighted by atomic mass is 10.1. The minimum absolute atomic E-state index is 0.143. The molecule has 1 aromatic carbocycles. The van der Waals surface area contributed by atoms with E-state index in [-0.39, 0.29) is 29.0 Å². The summed E-state index contributed by atoms with van der Waals surface area (Å²) in [4.78, 5) is 51.0. The Balaban J connectivity index is 1.65. The highest BCUT2D eigenvalue weighted by atomic mass is 16.5. The first-order valence-corrected chi connectivity index (χ1v) is 10.3. The Hall–Kier alpha value is -2.70. The Bertz CT molecular complexity index is 826. The lowest BCUT2D eigenvalue weighted by Gasteiger charge is -2.17. The highest BCUT2D eigenvalue weighted by Crippen LogP contribution is 2.25. The molecular formula is C22H28N2O5. The van der Waals surface area contributed by atoms with Gasteiger partial charge in [-0.3, -0.25) is 19.3 Å². The van der Waals surface area contributed by atoms with Crippen molar-refractivity contribution in [3.8, 4) is 0 Å². The topological polar surface area (TPSA) is 92.8 Å². The van der Waals surface area contributed by atoms with Crippen LogP contribution in [0.4, 0.5) is 0 Å². The second-order valence-corrected chi connectivity index (χ2v) is 8.24. The Morgan fingerprint density at radius 1 is 1.10 bits per heavy atom. The summed E-state index contributed by atoms with van der Waals surface area (Å²) < 4.78 is 5.28. The van der Waals surface area contributed by atoms with Crippen molar-refractivity contribution >= 4 is 23.7 Å². The summed E-state index contributed by atoms with van der Waals surface area (Å²) in [5.74, 6) is -1.39. The SMILES string of the molecule is CC(C)CCN1C(=O)c2ccc(C(=O)O[C@@H](C)C(=O)NC3CCCC3)cc2C1=O. The van der Waals surface area contributed by atoms with Crippen LogP contribution in [0.5, 0.6) is 0 Å². The van der Waals surface area contributed by atoms with Crippen molar-refractivity contribution in [2.24, 2.45) is 5.92 Å². The van der Waals surface area contributed by atoms with Gasteiger partial charge < -0.3 is 10.1 Å².